The van der Waals surface area contributed by atoms with E-state index in [9.17, 15) is 19.0 Å². The summed E-state index contributed by atoms with van der Waals surface area (Å²) in [6, 6.07) is 16.4. The first kappa shape index (κ1) is 32.7. The second-order valence-electron chi connectivity index (χ2n) is 13.3. The Morgan fingerprint density at radius 2 is 1.65 bits per heavy atom. The molecule has 248 valence electrons. The van der Waals surface area contributed by atoms with Gasteiger partial charge in [-0.25, -0.2) is 17.6 Å². The minimum atomic E-state index is -2.66. The molecule has 6 rings (SSSR count). The number of rotatable bonds is 9. The summed E-state index contributed by atoms with van der Waals surface area (Å²) >= 11 is 0. The van der Waals surface area contributed by atoms with Crippen LogP contribution in [0.4, 0.5) is 23.2 Å². The van der Waals surface area contributed by atoms with Crippen molar-refractivity contribution in [3.63, 3.8) is 0 Å². The van der Waals surface area contributed by atoms with Crippen LogP contribution in [-0.2, 0) is 13.0 Å². The Kier molecular flexibility index (Phi) is 9.89. The van der Waals surface area contributed by atoms with Crippen molar-refractivity contribution in [1.82, 2.24) is 9.80 Å². The lowest BCUT2D eigenvalue weighted by Gasteiger charge is -2.42. The minimum Gasteiger partial charge on any atom is -0.489 e. The number of hydrogen-bond acceptors (Lipinski definition) is 6. The molecule has 2 N–H and O–H groups in total. The van der Waals surface area contributed by atoms with Gasteiger partial charge in [0.2, 0.25) is 0 Å². The summed E-state index contributed by atoms with van der Waals surface area (Å²) in [6.07, 6.45) is 0.0497. The Balaban J connectivity index is 1.26. The van der Waals surface area contributed by atoms with E-state index in [1.54, 1.807) is 12.1 Å². The third-order valence-electron chi connectivity index (χ3n) is 10.1. The molecule has 1 spiro atoms. The van der Waals surface area contributed by atoms with Gasteiger partial charge in [-0.1, -0.05) is 36.4 Å². The number of fused-ring (bicyclic) bond motifs is 1. The summed E-state index contributed by atoms with van der Waals surface area (Å²) in [7, 11) is 0. The largest absolute Gasteiger partial charge is 0.489 e. The van der Waals surface area contributed by atoms with E-state index in [0.29, 0.717) is 43.1 Å². The molecular formula is C36H43F4N3O3. The highest BCUT2D eigenvalue weighted by Crippen LogP contribution is 2.45. The molecule has 6 nitrogen and oxygen atoms in total. The van der Waals surface area contributed by atoms with Crippen LogP contribution in [0.5, 0.6) is 5.75 Å². The summed E-state index contributed by atoms with van der Waals surface area (Å²) in [6.45, 7) is 4.64. The fraction of sp³-hybridized carbons (Fsp3) is 0.500. The molecule has 3 aliphatic heterocycles. The van der Waals surface area contributed by atoms with E-state index < -0.39 is 36.9 Å². The molecule has 46 heavy (non-hydrogen) atoms. The molecule has 3 aromatic carbocycles. The summed E-state index contributed by atoms with van der Waals surface area (Å²) in [4.78, 5) is 5.60. The highest BCUT2D eigenvalue weighted by molar-refractivity contribution is 5.53. The predicted octanol–water partition coefficient (Wildman–Crippen LogP) is 6.14. The van der Waals surface area contributed by atoms with Crippen molar-refractivity contribution in [3.8, 4) is 5.75 Å². The quantitative estimate of drug-likeness (QED) is 0.217. The molecule has 10 heteroatoms. The number of alkyl halides is 2. The average Bonchev–Trinajstić information content (AvgIpc) is 3.34. The molecule has 2 unspecified atom stereocenters. The second-order valence-corrected chi connectivity index (χ2v) is 13.3. The first-order valence-electron chi connectivity index (χ1n) is 16.3. The molecule has 0 saturated carbocycles. The third kappa shape index (κ3) is 7.20. The van der Waals surface area contributed by atoms with E-state index in [1.807, 2.05) is 48.2 Å². The lowest BCUT2D eigenvalue weighted by Crippen LogP contribution is -2.45. The standard InChI is InChI=1S/C36H43F4N3O3/c1-24-16-26-17-28(46-22-25-6-3-2-4-7-25)8-9-29(26)35(43(24)20-32(39)40)34-30(37)18-27(19-31(34)38)42-15-12-36(23-42)10-5-13-41(14-11-36)21-33(44)45/h2-4,6-9,17-19,24,32-33,35,44-45H,5,10-16,20-23H2,1H3/t24-,35?,36?/m1/s1. The van der Waals surface area contributed by atoms with Gasteiger partial charge in [0.1, 0.15) is 24.0 Å². The van der Waals surface area contributed by atoms with Crippen molar-refractivity contribution in [2.45, 2.75) is 70.4 Å². The normalized spacial score (nSPS) is 24.2. The van der Waals surface area contributed by atoms with Gasteiger partial charge in [-0.2, -0.15) is 0 Å². The van der Waals surface area contributed by atoms with Gasteiger partial charge in [0, 0.05) is 36.9 Å². The zero-order chi connectivity index (χ0) is 32.4. The molecule has 3 aliphatic rings. The Morgan fingerprint density at radius 1 is 0.913 bits per heavy atom. The fourth-order valence-corrected chi connectivity index (χ4v) is 7.79. The number of anilines is 1. The number of halogens is 4. The molecule has 2 saturated heterocycles. The van der Waals surface area contributed by atoms with E-state index in [-0.39, 0.29) is 23.6 Å². The van der Waals surface area contributed by atoms with E-state index >= 15 is 8.78 Å². The van der Waals surface area contributed by atoms with Crippen LogP contribution in [0, 0.1) is 17.0 Å². The van der Waals surface area contributed by atoms with Crippen LogP contribution in [0.1, 0.15) is 60.9 Å². The van der Waals surface area contributed by atoms with Gasteiger partial charge >= 0.3 is 0 Å². The zero-order valence-electron chi connectivity index (χ0n) is 26.2. The van der Waals surface area contributed by atoms with Crippen molar-refractivity contribution >= 4 is 5.69 Å². The molecular weight excluding hydrogens is 598 g/mol. The van der Waals surface area contributed by atoms with Crippen LogP contribution >= 0.6 is 0 Å². The molecule has 0 aromatic heterocycles. The van der Waals surface area contributed by atoms with Crippen molar-refractivity contribution in [2.24, 2.45) is 5.41 Å². The number of β-amino-alcohol motifs (C(OH)–C–C–N with tert-alkyl or cyclic N) is 2. The van der Waals surface area contributed by atoms with Crippen LogP contribution < -0.4 is 9.64 Å². The maximum Gasteiger partial charge on any atom is 0.251 e. The molecule has 3 atom stereocenters. The van der Waals surface area contributed by atoms with Crippen LogP contribution in [0.25, 0.3) is 0 Å². The van der Waals surface area contributed by atoms with Crippen LogP contribution in [0.3, 0.4) is 0 Å². The number of ether oxygens (including phenoxy) is 1. The number of likely N-dealkylation sites (tertiary alicyclic amines) is 1. The Bertz CT molecular complexity index is 1470. The highest BCUT2D eigenvalue weighted by Gasteiger charge is 2.41. The van der Waals surface area contributed by atoms with Crippen molar-refractivity contribution < 1.29 is 32.5 Å². The summed E-state index contributed by atoms with van der Waals surface area (Å²) in [5, 5.41) is 18.8. The van der Waals surface area contributed by atoms with Gasteiger partial charge in [0.05, 0.1) is 12.6 Å². The maximum atomic E-state index is 16.2. The first-order valence-corrected chi connectivity index (χ1v) is 16.3. The summed E-state index contributed by atoms with van der Waals surface area (Å²) in [5.74, 6) is -0.869. The number of benzene rings is 3. The lowest BCUT2D eigenvalue weighted by molar-refractivity contribution is -0.0610. The number of nitrogens with zero attached hydrogens (tertiary/aromatic N) is 3. The predicted molar refractivity (Wildman–Crippen MR) is 169 cm³/mol. The number of hydrogen-bond donors (Lipinski definition) is 2. The van der Waals surface area contributed by atoms with Crippen molar-refractivity contribution in [1.29, 1.82) is 0 Å². The molecule has 0 bridgehead atoms. The Hall–Kier alpha value is -3.18. The van der Waals surface area contributed by atoms with E-state index in [1.165, 1.54) is 17.0 Å². The molecule has 2 fully saturated rings. The topological polar surface area (TPSA) is 59.4 Å². The van der Waals surface area contributed by atoms with E-state index in [2.05, 4.69) is 4.90 Å². The Labute approximate surface area is 268 Å². The van der Waals surface area contributed by atoms with E-state index in [0.717, 1.165) is 49.9 Å². The molecule has 3 aromatic rings. The lowest BCUT2D eigenvalue weighted by atomic mass is 9.80. The van der Waals surface area contributed by atoms with E-state index in [4.69, 9.17) is 4.74 Å². The van der Waals surface area contributed by atoms with Crippen LogP contribution in [-0.4, -0.2) is 78.0 Å². The van der Waals surface area contributed by atoms with Gasteiger partial charge in [-0.05, 0) is 98.5 Å². The third-order valence-corrected chi connectivity index (χ3v) is 10.1. The summed E-state index contributed by atoms with van der Waals surface area (Å²) in [5.41, 5.74) is 2.67. The van der Waals surface area contributed by atoms with Gasteiger partial charge in [0.15, 0.2) is 6.29 Å². The van der Waals surface area contributed by atoms with Crippen LogP contribution in [0.2, 0.25) is 0 Å². The first-order chi connectivity index (χ1) is 22.1. The van der Waals surface area contributed by atoms with Crippen LogP contribution in [0.15, 0.2) is 60.7 Å². The highest BCUT2D eigenvalue weighted by atomic mass is 19.3. The SMILES string of the molecule is C[C@@H]1Cc2cc(OCc3ccccc3)ccc2C(c2c(F)cc(N3CCC4(CCCN(CC(O)O)CC4)C3)cc2F)N1CC(F)F. The smallest absolute Gasteiger partial charge is 0.251 e. The summed E-state index contributed by atoms with van der Waals surface area (Å²) < 4.78 is 66.1. The van der Waals surface area contributed by atoms with Gasteiger partial charge < -0.3 is 19.8 Å². The maximum absolute atomic E-state index is 16.2. The monoisotopic (exact) mass is 641 g/mol. The van der Waals surface area contributed by atoms with Gasteiger partial charge in [-0.3, -0.25) is 9.80 Å². The number of aliphatic hydroxyl groups is 2. The minimum absolute atomic E-state index is 0.00707. The molecule has 3 heterocycles. The number of aliphatic hydroxyl groups excluding tert-OH is 1. The Morgan fingerprint density at radius 3 is 2.37 bits per heavy atom. The fourth-order valence-electron chi connectivity index (χ4n) is 7.79. The average molecular weight is 642 g/mol. The van der Waals surface area contributed by atoms with Crippen molar-refractivity contribution in [3.05, 3.63) is 94.6 Å². The molecule has 0 amide bonds. The van der Waals surface area contributed by atoms with Gasteiger partial charge in [0.25, 0.3) is 6.43 Å². The van der Waals surface area contributed by atoms with Crippen molar-refractivity contribution in [2.75, 3.05) is 44.2 Å². The molecule has 0 radical (unpaired) electrons. The second kappa shape index (κ2) is 13.9. The zero-order valence-corrected chi connectivity index (χ0v) is 26.2. The van der Waals surface area contributed by atoms with Gasteiger partial charge in [-0.15, -0.1) is 0 Å². The molecule has 0 aliphatic carbocycles.